The Kier molecular flexibility index (Phi) is 7.47. The van der Waals surface area contributed by atoms with E-state index in [9.17, 15) is 14.0 Å². The molecule has 9 heteroatoms. The molecule has 3 aromatic carbocycles. The van der Waals surface area contributed by atoms with Crippen LogP contribution in [0.5, 0.6) is 0 Å². The predicted octanol–water partition coefficient (Wildman–Crippen LogP) is 3.42. The third-order valence-corrected chi connectivity index (χ3v) is 5.55. The second kappa shape index (κ2) is 10.9. The van der Waals surface area contributed by atoms with Crippen molar-refractivity contribution >= 4 is 28.5 Å². The van der Waals surface area contributed by atoms with Crippen LogP contribution in [-0.2, 0) is 20.9 Å². The molecule has 180 valence electrons. The Balaban J connectivity index is 1.77. The van der Waals surface area contributed by atoms with E-state index in [4.69, 9.17) is 4.74 Å². The fourth-order valence-corrected chi connectivity index (χ4v) is 3.89. The lowest BCUT2D eigenvalue weighted by Crippen LogP contribution is -2.46. The van der Waals surface area contributed by atoms with Crippen LogP contribution in [0.15, 0.2) is 72.8 Å². The number of methoxy groups -OCH3 is 1. The number of halogens is 1. The first kappa shape index (κ1) is 24.0. The molecule has 0 radical (unpaired) electrons. The lowest BCUT2D eigenvalue weighted by atomic mass is 10.0. The van der Waals surface area contributed by atoms with Gasteiger partial charge in [0.2, 0.25) is 11.8 Å². The maximum Gasteiger partial charge on any atom is 0.249 e. The highest BCUT2D eigenvalue weighted by Gasteiger charge is 2.33. The second-order valence-electron chi connectivity index (χ2n) is 8.08. The van der Waals surface area contributed by atoms with Crippen molar-refractivity contribution in [3.05, 3.63) is 89.7 Å². The number of hydrogen-bond donors (Lipinski definition) is 1. The van der Waals surface area contributed by atoms with E-state index < -0.39 is 17.8 Å². The molecule has 4 rings (SSSR count). The minimum absolute atomic E-state index is 0.141. The van der Waals surface area contributed by atoms with E-state index in [1.165, 1.54) is 41.0 Å². The van der Waals surface area contributed by atoms with Gasteiger partial charge in [0.05, 0.1) is 12.1 Å². The molecule has 1 heterocycles. The average Bonchev–Trinajstić information content (AvgIpc) is 3.26. The highest BCUT2D eigenvalue weighted by atomic mass is 19.1. The number of carbonyl (C=O) groups excluding carboxylic acids is 2. The Bertz CT molecular complexity index is 1320. The normalized spacial score (nSPS) is 11.9. The summed E-state index contributed by atoms with van der Waals surface area (Å²) < 4.78 is 20.3. The van der Waals surface area contributed by atoms with E-state index in [0.717, 1.165) is 5.56 Å². The van der Waals surface area contributed by atoms with Gasteiger partial charge in [-0.3, -0.25) is 14.5 Å². The minimum atomic E-state index is -1.04. The fraction of sp³-hybridized carbons (Fsp3) is 0.231. The highest BCUT2D eigenvalue weighted by molar-refractivity contribution is 6.01. The van der Waals surface area contributed by atoms with E-state index in [2.05, 4.69) is 15.6 Å². The zero-order valence-electron chi connectivity index (χ0n) is 19.5. The molecule has 1 atom stereocenters. The van der Waals surface area contributed by atoms with Crippen LogP contribution in [0, 0.1) is 12.7 Å². The van der Waals surface area contributed by atoms with Gasteiger partial charge in [-0.15, -0.1) is 5.10 Å². The van der Waals surface area contributed by atoms with Crippen LogP contribution in [0.4, 0.5) is 10.1 Å². The SMILES string of the molecule is COCCNC(=O)C(c1ccc(F)cc1)N(C(=O)Cn1nnc2ccccc21)c1cccc(C)c1. The van der Waals surface area contributed by atoms with Crippen LogP contribution in [0.25, 0.3) is 11.0 Å². The van der Waals surface area contributed by atoms with Crippen molar-refractivity contribution in [2.45, 2.75) is 19.5 Å². The summed E-state index contributed by atoms with van der Waals surface area (Å²) in [5, 5.41) is 11.1. The third kappa shape index (κ3) is 5.52. The van der Waals surface area contributed by atoms with Gasteiger partial charge < -0.3 is 10.1 Å². The Hall–Kier alpha value is -4.11. The van der Waals surface area contributed by atoms with Gasteiger partial charge in [0.1, 0.15) is 23.9 Å². The number of rotatable bonds is 9. The molecule has 35 heavy (non-hydrogen) atoms. The Morgan fingerprint density at radius 3 is 2.60 bits per heavy atom. The second-order valence-corrected chi connectivity index (χ2v) is 8.08. The van der Waals surface area contributed by atoms with Gasteiger partial charge >= 0.3 is 0 Å². The zero-order valence-corrected chi connectivity index (χ0v) is 19.5. The van der Waals surface area contributed by atoms with Crippen LogP contribution in [0.3, 0.4) is 0 Å². The predicted molar refractivity (Wildman–Crippen MR) is 130 cm³/mol. The molecular formula is C26H26FN5O3. The molecular weight excluding hydrogens is 449 g/mol. The van der Waals surface area contributed by atoms with Crippen LogP contribution >= 0.6 is 0 Å². The molecule has 0 aliphatic carbocycles. The van der Waals surface area contributed by atoms with Crippen LogP contribution in [0.2, 0.25) is 0 Å². The summed E-state index contributed by atoms with van der Waals surface area (Å²) in [6.07, 6.45) is 0. The van der Waals surface area contributed by atoms with Crippen LogP contribution < -0.4 is 10.2 Å². The van der Waals surface area contributed by atoms with Crippen molar-refractivity contribution in [1.82, 2.24) is 20.3 Å². The summed E-state index contributed by atoms with van der Waals surface area (Å²) in [6, 6.07) is 19.2. The first-order chi connectivity index (χ1) is 17.0. The maximum atomic E-state index is 13.8. The van der Waals surface area contributed by atoms with Crippen molar-refractivity contribution in [2.75, 3.05) is 25.2 Å². The van der Waals surface area contributed by atoms with Gasteiger partial charge in [-0.05, 0) is 54.4 Å². The third-order valence-electron chi connectivity index (χ3n) is 5.55. The molecule has 0 fully saturated rings. The van der Waals surface area contributed by atoms with Gasteiger partial charge in [-0.25, -0.2) is 9.07 Å². The van der Waals surface area contributed by atoms with Crippen LogP contribution in [0.1, 0.15) is 17.2 Å². The Morgan fingerprint density at radius 1 is 1.09 bits per heavy atom. The Morgan fingerprint density at radius 2 is 1.86 bits per heavy atom. The van der Waals surface area contributed by atoms with Crippen molar-refractivity contribution in [1.29, 1.82) is 0 Å². The molecule has 0 bridgehead atoms. The lowest BCUT2D eigenvalue weighted by molar-refractivity contribution is -0.127. The summed E-state index contributed by atoms with van der Waals surface area (Å²) >= 11 is 0. The van der Waals surface area contributed by atoms with E-state index in [-0.39, 0.29) is 19.0 Å². The van der Waals surface area contributed by atoms with Crippen LogP contribution in [-0.4, -0.2) is 47.1 Å². The summed E-state index contributed by atoms with van der Waals surface area (Å²) in [4.78, 5) is 28.7. The molecule has 0 spiro atoms. The number of benzene rings is 3. The molecule has 0 saturated heterocycles. The monoisotopic (exact) mass is 475 g/mol. The van der Waals surface area contributed by atoms with Crippen molar-refractivity contribution in [3.63, 3.8) is 0 Å². The van der Waals surface area contributed by atoms with Crippen molar-refractivity contribution < 1.29 is 18.7 Å². The Labute approximate surface area is 202 Å². The summed E-state index contributed by atoms with van der Waals surface area (Å²) in [5.74, 6) is -1.22. The number of carbonyl (C=O) groups is 2. The molecule has 0 aliphatic heterocycles. The van der Waals surface area contributed by atoms with Crippen molar-refractivity contribution in [2.24, 2.45) is 0 Å². The van der Waals surface area contributed by atoms with Gasteiger partial charge in [0.15, 0.2) is 0 Å². The maximum absolute atomic E-state index is 13.8. The van der Waals surface area contributed by atoms with E-state index in [1.54, 1.807) is 6.07 Å². The molecule has 0 aliphatic rings. The minimum Gasteiger partial charge on any atom is -0.383 e. The zero-order chi connectivity index (χ0) is 24.8. The quantitative estimate of drug-likeness (QED) is 0.375. The van der Waals surface area contributed by atoms with Gasteiger partial charge in [-0.1, -0.05) is 41.6 Å². The number of hydrogen-bond acceptors (Lipinski definition) is 5. The number of nitrogens with one attached hydrogen (secondary N) is 1. The molecule has 1 unspecified atom stereocenters. The number of amides is 2. The summed E-state index contributed by atoms with van der Waals surface area (Å²) in [7, 11) is 1.54. The molecule has 2 amide bonds. The average molecular weight is 476 g/mol. The number of nitrogens with zero attached hydrogens (tertiary/aromatic N) is 4. The standard InChI is InChI=1S/C26H26FN5O3/c1-18-6-5-7-21(16-18)32(24(33)17-31-23-9-4-3-8-22(23)29-30-31)25(26(34)28-14-15-35-2)19-10-12-20(27)13-11-19/h3-13,16,25H,14-15,17H2,1-2H3,(H,28,34). The number of fused-ring (bicyclic) bond motifs is 1. The largest absolute Gasteiger partial charge is 0.383 e. The fourth-order valence-electron chi connectivity index (χ4n) is 3.89. The molecule has 4 aromatic rings. The molecule has 8 nitrogen and oxygen atoms in total. The summed E-state index contributed by atoms with van der Waals surface area (Å²) in [6.45, 7) is 2.34. The molecule has 1 N–H and O–H groups in total. The van der Waals surface area contributed by atoms with E-state index in [1.807, 2.05) is 49.4 Å². The van der Waals surface area contributed by atoms with Crippen molar-refractivity contribution in [3.8, 4) is 0 Å². The number of anilines is 1. The number of aryl methyl sites for hydroxylation is 1. The summed E-state index contributed by atoms with van der Waals surface area (Å²) in [5.41, 5.74) is 3.29. The topological polar surface area (TPSA) is 89.4 Å². The van der Waals surface area contributed by atoms with Gasteiger partial charge in [-0.2, -0.15) is 0 Å². The van der Waals surface area contributed by atoms with E-state index >= 15 is 0 Å². The van der Waals surface area contributed by atoms with Gasteiger partial charge in [0.25, 0.3) is 0 Å². The first-order valence-electron chi connectivity index (χ1n) is 11.2. The number of para-hydroxylation sites is 1. The van der Waals surface area contributed by atoms with Gasteiger partial charge in [0, 0.05) is 19.3 Å². The highest BCUT2D eigenvalue weighted by Crippen LogP contribution is 2.29. The lowest BCUT2D eigenvalue weighted by Gasteiger charge is -2.32. The first-order valence-corrected chi connectivity index (χ1v) is 11.2. The smallest absolute Gasteiger partial charge is 0.249 e. The molecule has 0 saturated carbocycles. The van der Waals surface area contributed by atoms with E-state index in [0.29, 0.717) is 28.9 Å². The number of ether oxygens (including phenoxy) is 1. The molecule has 1 aromatic heterocycles. The number of aromatic nitrogens is 3.